The molecule has 0 aliphatic heterocycles. The second-order valence-corrected chi connectivity index (χ2v) is 7.14. The molecule has 27 heavy (non-hydrogen) atoms. The van der Waals surface area contributed by atoms with E-state index < -0.39 is 0 Å². The van der Waals surface area contributed by atoms with Crippen molar-refractivity contribution in [3.05, 3.63) is 65.2 Å². The summed E-state index contributed by atoms with van der Waals surface area (Å²) in [5.74, 6) is 0.705. The van der Waals surface area contributed by atoms with Gasteiger partial charge in [0, 0.05) is 17.6 Å². The van der Waals surface area contributed by atoms with E-state index in [9.17, 15) is 4.79 Å². The minimum atomic E-state index is -0.202. The molecule has 0 unspecified atom stereocenters. The van der Waals surface area contributed by atoms with Crippen molar-refractivity contribution in [1.82, 2.24) is 20.2 Å². The molecule has 0 spiro atoms. The molecular formula is C19H18ClN5OS. The lowest BCUT2D eigenvalue weighted by Gasteiger charge is -2.04. The van der Waals surface area contributed by atoms with Gasteiger partial charge in [-0.15, -0.1) is 10.2 Å². The van der Waals surface area contributed by atoms with E-state index >= 15 is 0 Å². The van der Waals surface area contributed by atoms with Gasteiger partial charge in [0.25, 0.3) is 5.91 Å². The Hall–Kier alpha value is -2.64. The lowest BCUT2D eigenvalue weighted by Crippen LogP contribution is -2.21. The molecule has 1 heterocycles. The molecule has 138 valence electrons. The SMILES string of the molecule is C/C(=N/NC(=O)CSc1nnc(-c2ccc(Cl)cc2)n1C)c1ccccc1. The molecule has 1 N–H and O–H groups in total. The highest BCUT2D eigenvalue weighted by Gasteiger charge is 2.13. The standard InChI is InChI=1S/C19H18ClN5OS/c1-13(14-6-4-3-5-7-14)21-22-17(26)12-27-19-24-23-18(25(19)2)15-8-10-16(20)11-9-15/h3-11H,12H2,1-2H3,(H,22,26)/b21-13-. The number of hydrogen-bond donors (Lipinski definition) is 1. The zero-order valence-corrected chi connectivity index (χ0v) is 16.5. The largest absolute Gasteiger partial charge is 0.305 e. The van der Waals surface area contributed by atoms with Crippen LogP contribution in [0, 0.1) is 0 Å². The molecule has 0 bridgehead atoms. The van der Waals surface area contributed by atoms with Crippen LogP contribution in [-0.4, -0.2) is 32.1 Å². The van der Waals surface area contributed by atoms with Gasteiger partial charge in [0.05, 0.1) is 11.5 Å². The summed E-state index contributed by atoms with van der Waals surface area (Å²) in [5.41, 5.74) is 5.19. The number of carbonyl (C=O) groups excluding carboxylic acids is 1. The maximum absolute atomic E-state index is 12.1. The van der Waals surface area contributed by atoms with Crippen LogP contribution in [-0.2, 0) is 11.8 Å². The summed E-state index contributed by atoms with van der Waals surface area (Å²) in [6.07, 6.45) is 0. The molecule has 1 amide bonds. The number of thioether (sulfide) groups is 1. The van der Waals surface area contributed by atoms with Gasteiger partial charge in [-0.05, 0) is 36.8 Å². The smallest absolute Gasteiger partial charge is 0.250 e. The van der Waals surface area contributed by atoms with Crippen molar-refractivity contribution in [1.29, 1.82) is 0 Å². The van der Waals surface area contributed by atoms with Gasteiger partial charge in [0.1, 0.15) is 0 Å². The molecule has 3 rings (SSSR count). The van der Waals surface area contributed by atoms with Gasteiger partial charge in [0.2, 0.25) is 0 Å². The van der Waals surface area contributed by atoms with Crippen molar-refractivity contribution in [3.8, 4) is 11.4 Å². The zero-order chi connectivity index (χ0) is 19.2. The van der Waals surface area contributed by atoms with Crippen molar-refractivity contribution in [2.75, 3.05) is 5.75 Å². The van der Waals surface area contributed by atoms with Gasteiger partial charge in [-0.25, -0.2) is 5.43 Å². The quantitative estimate of drug-likeness (QED) is 0.389. The Bertz CT molecular complexity index is 954. The first-order valence-electron chi connectivity index (χ1n) is 8.21. The van der Waals surface area contributed by atoms with Gasteiger partial charge in [-0.1, -0.05) is 53.7 Å². The average molecular weight is 400 g/mol. The number of aromatic nitrogens is 3. The van der Waals surface area contributed by atoms with Crippen LogP contribution in [0.15, 0.2) is 64.9 Å². The molecule has 0 saturated carbocycles. The predicted octanol–water partition coefficient (Wildman–Crippen LogP) is 3.77. The number of carbonyl (C=O) groups is 1. The fraction of sp³-hybridized carbons (Fsp3) is 0.158. The Morgan fingerprint density at radius 1 is 1.15 bits per heavy atom. The third kappa shape index (κ3) is 4.96. The minimum absolute atomic E-state index is 0.193. The lowest BCUT2D eigenvalue weighted by molar-refractivity contribution is -0.118. The Morgan fingerprint density at radius 2 is 1.85 bits per heavy atom. The van der Waals surface area contributed by atoms with E-state index in [0.717, 1.165) is 16.8 Å². The summed E-state index contributed by atoms with van der Waals surface area (Å²) in [7, 11) is 1.86. The molecule has 8 heteroatoms. The zero-order valence-electron chi connectivity index (χ0n) is 14.9. The minimum Gasteiger partial charge on any atom is -0.305 e. The third-order valence-electron chi connectivity index (χ3n) is 3.81. The highest BCUT2D eigenvalue weighted by atomic mass is 35.5. The second-order valence-electron chi connectivity index (χ2n) is 5.76. The van der Waals surface area contributed by atoms with Crippen LogP contribution < -0.4 is 5.43 Å². The highest BCUT2D eigenvalue weighted by Crippen LogP contribution is 2.23. The average Bonchev–Trinajstić information content (AvgIpc) is 3.06. The number of hydrogen-bond acceptors (Lipinski definition) is 5. The maximum atomic E-state index is 12.1. The highest BCUT2D eigenvalue weighted by molar-refractivity contribution is 7.99. The topological polar surface area (TPSA) is 72.2 Å². The summed E-state index contributed by atoms with van der Waals surface area (Å²) in [6, 6.07) is 17.1. The van der Waals surface area contributed by atoms with Crippen LogP contribution in [0.5, 0.6) is 0 Å². The number of nitrogens with zero attached hydrogens (tertiary/aromatic N) is 4. The molecule has 0 saturated heterocycles. The molecule has 1 aromatic heterocycles. The number of nitrogens with one attached hydrogen (secondary N) is 1. The first-order chi connectivity index (χ1) is 13.0. The van der Waals surface area contributed by atoms with E-state index in [4.69, 9.17) is 11.6 Å². The van der Waals surface area contributed by atoms with Gasteiger partial charge < -0.3 is 4.57 Å². The second kappa shape index (κ2) is 8.83. The molecular weight excluding hydrogens is 382 g/mol. The summed E-state index contributed by atoms with van der Waals surface area (Å²) in [6.45, 7) is 1.85. The monoisotopic (exact) mass is 399 g/mol. The van der Waals surface area contributed by atoms with Crippen LogP contribution >= 0.6 is 23.4 Å². The van der Waals surface area contributed by atoms with E-state index in [-0.39, 0.29) is 11.7 Å². The number of benzene rings is 2. The third-order valence-corrected chi connectivity index (χ3v) is 5.08. The van der Waals surface area contributed by atoms with Crippen LogP contribution in [0.3, 0.4) is 0 Å². The molecule has 0 fully saturated rings. The molecule has 0 radical (unpaired) electrons. The Kier molecular flexibility index (Phi) is 6.26. The first-order valence-corrected chi connectivity index (χ1v) is 9.57. The number of amides is 1. The van der Waals surface area contributed by atoms with Crippen molar-refractivity contribution >= 4 is 35.0 Å². The molecule has 0 aliphatic carbocycles. The predicted molar refractivity (Wildman–Crippen MR) is 109 cm³/mol. The van der Waals surface area contributed by atoms with Crippen LogP contribution in [0.1, 0.15) is 12.5 Å². The van der Waals surface area contributed by atoms with E-state index in [0.29, 0.717) is 16.0 Å². The molecule has 6 nitrogen and oxygen atoms in total. The Labute approximate surface area is 166 Å². The summed E-state index contributed by atoms with van der Waals surface area (Å²) in [5, 5.41) is 13.8. The number of halogens is 1. The molecule has 0 aliphatic rings. The normalized spacial score (nSPS) is 11.4. The van der Waals surface area contributed by atoms with Gasteiger partial charge in [0.15, 0.2) is 11.0 Å². The van der Waals surface area contributed by atoms with Gasteiger partial charge in [-0.2, -0.15) is 5.10 Å². The van der Waals surface area contributed by atoms with Gasteiger partial charge in [-0.3, -0.25) is 4.79 Å². The summed E-state index contributed by atoms with van der Waals surface area (Å²) >= 11 is 7.22. The van der Waals surface area contributed by atoms with Gasteiger partial charge >= 0.3 is 0 Å². The maximum Gasteiger partial charge on any atom is 0.250 e. The van der Waals surface area contributed by atoms with Crippen molar-refractivity contribution in [3.63, 3.8) is 0 Å². The van der Waals surface area contributed by atoms with E-state index in [1.54, 1.807) is 12.1 Å². The Balaban J connectivity index is 1.59. The molecule has 2 aromatic carbocycles. The fourth-order valence-corrected chi connectivity index (χ4v) is 3.17. The first kappa shape index (κ1) is 19.1. The van der Waals surface area contributed by atoms with Crippen LogP contribution in [0.2, 0.25) is 5.02 Å². The summed E-state index contributed by atoms with van der Waals surface area (Å²) < 4.78 is 1.85. The van der Waals surface area contributed by atoms with Crippen molar-refractivity contribution in [2.45, 2.75) is 12.1 Å². The van der Waals surface area contributed by atoms with E-state index in [1.165, 1.54) is 11.8 Å². The fourth-order valence-electron chi connectivity index (χ4n) is 2.34. The van der Waals surface area contributed by atoms with E-state index in [1.807, 2.05) is 61.0 Å². The van der Waals surface area contributed by atoms with Crippen molar-refractivity contribution < 1.29 is 4.79 Å². The van der Waals surface area contributed by atoms with Crippen LogP contribution in [0.25, 0.3) is 11.4 Å². The molecule has 0 atom stereocenters. The number of rotatable bonds is 6. The number of hydrazone groups is 1. The van der Waals surface area contributed by atoms with Crippen molar-refractivity contribution in [2.24, 2.45) is 12.1 Å². The van der Waals surface area contributed by atoms with Crippen LogP contribution in [0.4, 0.5) is 0 Å². The Morgan fingerprint density at radius 3 is 2.56 bits per heavy atom. The summed E-state index contributed by atoms with van der Waals surface area (Å²) in [4.78, 5) is 12.1. The molecule has 3 aromatic rings. The lowest BCUT2D eigenvalue weighted by atomic mass is 10.1. The van der Waals surface area contributed by atoms with E-state index in [2.05, 4.69) is 20.7 Å².